The van der Waals surface area contributed by atoms with Crippen molar-refractivity contribution in [3.63, 3.8) is 0 Å². The van der Waals surface area contributed by atoms with Gasteiger partial charge in [0.1, 0.15) is 6.04 Å². The second-order valence-corrected chi connectivity index (χ2v) is 8.00. The molecule has 0 bridgehead atoms. The molecule has 0 radical (unpaired) electrons. The zero-order valence-corrected chi connectivity index (χ0v) is 19.3. The van der Waals surface area contributed by atoms with E-state index in [4.69, 9.17) is 0 Å². The number of aliphatic carboxylic acids is 1. The molecule has 0 unspecified atom stereocenters. The van der Waals surface area contributed by atoms with Gasteiger partial charge in [-0.3, -0.25) is 4.79 Å². The highest BCUT2D eigenvalue weighted by molar-refractivity contribution is 7.98. The highest BCUT2D eigenvalue weighted by Gasteiger charge is 2.22. The molecule has 0 aliphatic heterocycles. The van der Waals surface area contributed by atoms with E-state index < -0.39 is 17.9 Å². The van der Waals surface area contributed by atoms with Crippen molar-refractivity contribution in [3.05, 3.63) is 72.3 Å². The van der Waals surface area contributed by atoms with Gasteiger partial charge in [-0.15, -0.1) is 12.4 Å². The molecule has 1 heterocycles. The molecule has 0 aliphatic rings. The summed E-state index contributed by atoms with van der Waals surface area (Å²) in [6, 6.07) is 14.2. The molecule has 4 N–H and O–H groups in total. The molecule has 1 amide bonds. The van der Waals surface area contributed by atoms with Gasteiger partial charge >= 0.3 is 5.97 Å². The van der Waals surface area contributed by atoms with Crippen LogP contribution < -0.4 is 10.6 Å². The second kappa shape index (κ2) is 12.8. The van der Waals surface area contributed by atoms with Gasteiger partial charge in [0.25, 0.3) is 5.91 Å². The Hall–Kier alpha value is -2.97. The highest BCUT2D eigenvalue weighted by atomic mass is 35.5. The fourth-order valence-corrected chi connectivity index (χ4v) is 3.67. The molecular weight excluding hydrogens is 448 g/mol. The van der Waals surface area contributed by atoms with Crippen LogP contribution in [0.25, 0.3) is 11.1 Å². The van der Waals surface area contributed by atoms with Crippen LogP contribution in [0.2, 0.25) is 0 Å². The Labute approximate surface area is 197 Å². The summed E-state index contributed by atoms with van der Waals surface area (Å²) < 4.78 is 0. The topological polar surface area (TPSA) is 107 Å². The summed E-state index contributed by atoms with van der Waals surface area (Å²) in [7, 11) is 0. The molecule has 1 aromatic heterocycles. The Morgan fingerprint density at radius 2 is 1.97 bits per heavy atom. The van der Waals surface area contributed by atoms with Crippen molar-refractivity contribution in [2.45, 2.75) is 18.9 Å². The number of anilines is 1. The fourth-order valence-electron chi connectivity index (χ4n) is 3.20. The first-order valence-corrected chi connectivity index (χ1v) is 11.4. The zero-order valence-electron chi connectivity index (χ0n) is 17.7. The predicted molar refractivity (Wildman–Crippen MR) is 132 cm³/mol. The van der Waals surface area contributed by atoms with Crippen LogP contribution in [-0.2, 0) is 11.2 Å². The quantitative estimate of drug-likeness (QED) is 0.333. The third kappa shape index (κ3) is 7.03. The number of carboxylic acid groups (broad SMARTS) is 1. The number of rotatable bonds is 11. The summed E-state index contributed by atoms with van der Waals surface area (Å²) >= 11 is 1.55. The maximum Gasteiger partial charge on any atom is 0.326 e. The van der Waals surface area contributed by atoms with E-state index in [2.05, 4.69) is 20.6 Å². The van der Waals surface area contributed by atoms with E-state index in [0.29, 0.717) is 24.3 Å². The SMILES string of the molecule is CSCC[C@H](NC(=O)c1ccc(NCCc2c[nH]cn2)cc1-c1ccccc1)C(=O)O.Cl. The van der Waals surface area contributed by atoms with Crippen molar-refractivity contribution >= 4 is 41.7 Å². The van der Waals surface area contributed by atoms with E-state index in [1.165, 1.54) is 0 Å². The number of thioether (sulfide) groups is 1. The molecule has 0 spiro atoms. The van der Waals surface area contributed by atoms with Crippen LogP contribution in [0.3, 0.4) is 0 Å². The number of H-pyrrole nitrogens is 1. The van der Waals surface area contributed by atoms with E-state index in [1.807, 2.05) is 54.9 Å². The molecule has 9 heteroatoms. The van der Waals surface area contributed by atoms with Gasteiger partial charge in [-0.1, -0.05) is 30.3 Å². The van der Waals surface area contributed by atoms with Gasteiger partial charge in [-0.25, -0.2) is 9.78 Å². The summed E-state index contributed by atoms with van der Waals surface area (Å²) in [4.78, 5) is 31.7. The summed E-state index contributed by atoms with van der Waals surface area (Å²) in [6.45, 7) is 0.695. The minimum atomic E-state index is -1.03. The monoisotopic (exact) mass is 474 g/mol. The molecule has 7 nitrogen and oxygen atoms in total. The highest BCUT2D eigenvalue weighted by Crippen LogP contribution is 2.27. The van der Waals surface area contributed by atoms with Crippen molar-refractivity contribution in [1.82, 2.24) is 15.3 Å². The van der Waals surface area contributed by atoms with Crippen LogP contribution in [0.5, 0.6) is 0 Å². The molecule has 0 saturated heterocycles. The minimum Gasteiger partial charge on any atom is -0.480 e. The van der Waals surface area contributed by atoms with E-state index >= 15 is 0 Å². The Bertz CT molecular complexity index is 1000. The average molecular weight is 475 g/mol. The zero-order chi connectivity index (χ0) is 22.1. The summed E-state index contributed by atoms with van der Waals surface area (Å²) in [5.41, 5.74) is 3.93. The lowest BCUT2D eigenvalue weighted by molar-refractivity contribution is -0.139. The van der Waals surface area contributed by atoms with Crippen molar-refractivity contribution in [3.8, 4) is 11.1 Å². The lowest BCUT2D eigenvalue weighted by Crippen LogP contribution is -2.41. The first kappa shape index (κ1) is 25.3. The van der Waals surface area contributed by atoms with Gasteiger partial charge in [-0.05, 0) is 47.8 Å². The second-order valence-electron chi connectivity index (χ2n) is 7.01. The van der Waals surface area contributed by atoms with Crippen molar-refractivity contribution < 1.29 is 14.7 Å². The number of nitrogens with zero attached hydrogens (tertiary/aromatic N) is 1. The largest absolute Gasteiger partial charge is 0.480 e. The number of aromatic nitrogens is 2. The smallest absolute Gasteiger partial charge is 0.326 e. The van der Waals surface area contributed by atoms with Gasteiger partial charge < -0.3 is 20.7 Å². The first-order chi connectivity index (χ1) is 15.1. The maximum absolute atomic E-state index is 13.0. The van der Waals surface area contributed by atoms with Gasteiger partial charge in [0.2, 0.25) is 0 Å². The Kier molecular flexibility index (Phi) is 10.1. The molecule has 1 atom stereocenters. The number of carboxylic acids is 1. The summed E-state index contributed by atoms with van der Waals surface area (Å²) in [5, 5.41) is 15.5. The predicted octanol–water partition coefficient (Wildman–Crippen LogP) is 4.09. The summed E-state index contributed by atoms with van der Waals surface area (Å²) in [6.07, 6.45) is 6.56. The average Bonchev–Trinajstić information content (AvgIpc) is 3.30. The first-order valence-electron chi connectivity index (χ1n) is 10.0. The van der Waals surface area contributed by atoms with Crippen molar-refractivity contribution in [1.29, 1.82) is 0 Å². The standard InChI is InChI=1S/C23H26N4O3S.ClH/c1-31-12-10-21(23(29)30)27-22(28)19-8-7-17(25-11-9-18-14-24-15-26-18)13-20(19)16-5-3-2-4-6-16;/h2-8,13-15,21,25H,9-12H2,1H3,(H,24,26)(H,27,28)(H,29,30);1H/t21-;/m0./s1. The van der Waals surface area contributed by atoms with Crippen LogP contribution >= 0.6 is 24.2 Å². The number of carbonyl (C=O) groups is 2. The maximum atomic E-state index is 13.0. The molecule has 3 rings (SSSR count). The van der Waals surface area contributed by atoms with Crippen molar-refractivity contribution in [2.75, 3.05) is 23.9 Å². The Morgan fingerprint density at radius 1 is 1.19 bits per heavy atom. The normalized spacial score (nSPS) is 11.3. The molecule has 2 aromatic carbocycles. The Balaban J connectivity index is 0.00000363. The van der Waals surface area contributed by atoms with Crippen LogP contribution in [-0.4, -0.2) is 51.5 Å². The number of halogens is 1. The molecule has 0 saturated carbocycles. The van der Waals surface area contributed by atoms with E-state index in [-0.39, 0.29) is 12.4 Å². The number of hydrogen-bond donors (Lipinski definition) is 4. The number of amides is 1. The molecule has 32 heavy (non-hydrogen) atoms. The summed E-state index contributed by atoms with van der Waals surface area (Å²) in [5.74, 6) is -0.766. The number of hydrogen-bond acceptors (Lipinski definition) is 5. The number of nitrogens with one attached hydrogen (secondary N) is 3. The molecule has 0 aliphatic carbocycles. The molecule has 170 valence electrons. The van der Waals surface area contributed by atoms with E-state index in [9.17, 15) is 14.7 Å². The minimum absolute atomic E-state index is 0. The number of benzene rings is 2. The third-order valence-electron chi connectivity index (χ3n) is 4.83. The van der Waals surface area contributed by atoms with Crippen LogP contribution in [0, 0.1) is 0 Å². The number of carbonyl (C=O) groups excluding carboxylic acids is 1. The number of aromatic amines is 1. The molecule has 3 aromatic rings. The number of imidazole rings is 1. The lowest BCUT2D eigenvalue weighted by atomic mass is 9.98. The molecular formula is C23H27ClN4O3S. The van der Waals surface area contributed by atoms with Crippen LogP contribution in [0.15, 0.2) is 61.1 Å². The third-order valence-corrected chi connectivity index (χ3v) is 5.47. The van der Waals surface area contributed by atoms with Gasteiger partial charge in [0.15, 0.2) is 0 Å². The molecule has 0 fully saturated rings. The van der Waals surface area contributed by atoms with Gasteiger partial charge in [0.05, 0.1) is 12.0 Å². The Morgan fingerprint density at radius 3 is 2.62 bits per heavy atom. The lowest BCUT2D eigenvalue weighted by Gasteiger charge is -2.17. The fraction of sp³-hybridized carbons (Fsp3) is 0.261. The van der Waals surface area contributed by atoms with Gasteiger partial charge in [-0.2, -0.15) is 11.8 Å². The van der Waals surface area contributed by atoms with Crippen molar-refractivity contribution in [2.24, 2.45) is 0 Å². The van der Waals surface area contributed by atoms with Crippen LogP contribution in [0.4, 0.5) is 5.69 Å². The van der Waals surface area contributed by atoms with Gasteiger partial charge in [0, 0.05) is 30.4 Å². The van der Waals surface area contributed by atoms with E-state index in [0.717, 1.165) is 28.9 Å². The van der Waals surface area contributed by atoms with E-state index in [1.54, 1.807) is 24.2 Å². The van der Waals surface area contributed by atoms with Crippen LogP contribution in [0.1, 0.15) is 22.5 Å².